The summed E-state index contributed by atoms with van der Waals surface area (Å²) in [5, 5.41) is 15.6. The maximum absolute atomic E-state index is 11.2. The number of hydrogen-bond donors (Lipinski definition) is 3. The van der Waals surface area contributed by atoms with Gasteiger partial charge >= 0.3 is 0 Å². The highest BCUT2D eigenvalue weighted by molar-refractivity contribution is 5.75. The Morgan fingerprint density at radius 1 is 1.29 bits per heavy atom. The van der Waals surface area contributed by atoms with E-state index in [1.165, 1.54) is 5.56 Å². The number of rotatable bonds is 10. The van der Waals surface area contributed by atoms with Crippen molar-refractivity contribution in [2.24, 2.45) is 0 Å². The second-order valence-electron chi connectivity index (χ2n) is 4.87. The number of ether oxygens (including phenoxy) is 1. The van der Waals surface area contributed by atoms with E-state index >= 15 is 0 Å². The molecule has 0 spiro atoms. The van der Waals surface area contributed by atoms with E-state index in [0.717, 1.165) is 12.2 Å². The molecular weight excluding hydrogens is 268 g/mol. The van der Waals surface area contributed by atoms with Gasteiger partial charge in [0.25, 0.3) is 0 Å². The molecule has 5 nitrogen and oxygen atoms in total. The first-order valence-electron chi connectivity index (χ1n) is 7.52. The Bertz CT molecular complexity index is 406. The molecule has 0 aromatic heterocycles. The molecule has 0 aliphatic rings. The summed E-state index contributed by atoms with van der Waals surface area (Å²) < 4.78 is 5.51. The molecule has 0 aliphatic heterocycles. The Kier molecular flexibility index (Phi) is 8.47. The number of aryl methyl sites for hydroxylation is 1. The summed E-state index contributed by atoms with van der Waals surface area (Å²) in [6.07, 6.45) is 0.822. The number of nitrogens with one attached hydrogen (secondary N) is 2. The minimum Gasteiger partial charge on any atom is -0.491 e. The highest BCUT2D eigenvalue weighted by atomic mass is 16.5. The summed E-state index contributed by atoms with van der Waals surface area (Å²) in [5.41, 5.74) is 1.26. The van der Waals surface area contributed by atoms with Gasteiger partial charge in [0, 0.05) is 26.1 Å². The Hall–Kier alpha value is -1.59. The van der Waals surface area contributed by atoms with Crippen LogP contribution in [0.3, 0.4) is 0 Å². The first-order chi connectivity index (χ1) is 10.2. The fourth-order valence-corrected chi connectivity index (χ4v) is 1.83. The third kappa shape index (κ3) is 7.68. The van der Waals surface area contributed by atoms with Crippen LogP contribution in [0.1, 0.15) is 25.8 Å². The van der Waals surface area contributed by atoms with Crippen molar-refractivity contribution < 1.29 is 14.6 Å². The van der Waals surface area contributed by atoms with Gasteiger partial charge in [-0.05, 0) is 31.0 Å². The molecule has 1 amide bonds. The van der Waals surface area contributed by atoms with Gasteiger partial charge in [-0.1, -0.05) is 19.1 Å². The third-order valence-corrected chi connectivity index (χ3v) is 3.06. The Balaban J connectivity index is 2.13. The van der Waals surface area contributed by atoms with Crippen molar-refractivity contribution in [3.63, 3.8) is 0 Å². The van der Waals surface area contributed by atoms with Gasteiger partial charge in [0.1, 0.15) is 18.5 Å². The zero-order chi connectivity index (χ0) is 15.5. The lowest BCUT2D eigenvalue weighted by Crippen LogP contribution is -2.34. The van der Waals surface area contributed by atoms with Crippen molar-refractivity contribution in [2.45, 2.75) is 32.8 Å². The van der Waals surface area contributed by atoms with Crippen LogP contribution in [-0.2, 0) is 11.2 Å². The van der Waals surface area contributed by atoms with Crippen LogP contribution in [0, 0.1) is 0 Å². The molecule has 5 heteroatoms. The molecule has 1 unspecified atom stereocenters. The zero-order valence-electron chi connectivity index (χ0n) is 12.9. The molecule has 1 atom stereocenters. The maximum atomic E-state index is 11.2. The molecule has 0 aliphatic carbocycles. The quantitative estimate of drug-likeness (QED) is 0.565. The number of carbonyl (C=O) groups excluding carboxylic acids is 1. The van der Waals surface area contributed by atoms with Crippen molar-refractivity contribution in [1.29, 1.82) is 0 Å². The summed E-state index contributed by atoms with van der Waals surface area (Å²) in [4.78, 5) is 11.2. The lowest BCUT2D eigenvalue weighted by molar-refractivity contribution is -0.120. The first kappa shape index (κ1) is 17.5. The van der Waals surface area contributed by atoms with E-state index in [4.69, 9.17) is 4.74 Å². The second-order valence-corrected chi connectivity index (χ2v) is 4.87. The van der Waals surface area contributed by atoms with Crippen LogP contribution < -0.4 is 15.4 Å². The molecule has 0 bridgehead atoms. The van der Waals surface area contributed by atoms with Gasteiger partial charge in [-0.3, -0.25) is 4.79 Å². The van der Waals surface area contributed by atoms with Crippen molar-refractivity contribution in [1.82, 2.24) is 10.6 Å². The van der Waals surface area contributed by atoms with Crippen LogP contribution in [-0.4, -0.2) is 43.4 Å². The lowest BCUT2D eigenvalue weighted by Gasteiger charge is -2.13. The number of aliphatic hydroxyl groups is 1. The summed E-state index contributed by atoms with van der Waals surface area (Å²) >= 11 is 0. The van der Waals surface area contributed by atoms with Crippen molar-refractivity contribution in [3.8, 4) is 5.75 Å². The lowest BCUT2D eigenvalue weighted by atomic mass is 10.2. The maximum Gasteiger partial charge on any atom is 0.221 e. The number of aliphatic hydroxyl groups excluding tert-OH is 1. The van der Waals surface area contributed by atoms with E-state index in [2.05, 4.69) is 17.6 Å². The van der Waals surface area contributed by atoms with Crippen LogP contribution in [0.5, 0.6) is 5.75 Å². The van der Waals surface area contributed by atoms with E-state index < -0.39 is 6.10 Å². The van der Waals surface area contributed by atoms with Gasteiger partial charge in [-0.15, -0.1) is 0 Å². The van der Waals surface area contributed by atoms with Crippen LogP contribution in [0.4, 0.5) is 0 Å². The molecule has 1 rings (SSSR count). The first-order valence-corrected chi connectivity index (χ1v) is 7.52. The van der Waals surface area contributed by atoms with Gasteiger partial charge in [0.15, 0.2) is 0 Å². The summed E-state index contributed by atoms with van der Waals surface area (Å²) in [6, 6.07) is 7.86. The van der Waals surface area contributed by atoms with Crippen molar-refractivity contribution >= 4 is 5.91 Å². The minimum absolute atomic E-state index is 0.0201. The van der Waals surface area contributed by atoms with E-state index in [1.807, 2.05) is 31.2 Å². The SMILES string of the molecule is CCNC(=O)CCNCC(O)COc1ccc(CC)cc1. The highest BCUT2D eigenvalue weighted by Gasteiger charge is 2.06. The molecule has 3 N–H and O–H groups in total. The second kappa shape index (κ2) is 10.2. The van der Waals surface area contributed by atoms with Gasteiger partial charge in [0.2, 0.25) is 5.91 Å². The molecule has 1 aromatic carbocycles. The van der Waals surface area contributed by atoms with E-state index in [-0.39, 0.29) is 12.5 Å². The molecule has 0 saturated heterocycles. The standard InChI is InChI=1S/C16H26N2O3/c1-3-13-5-7-15(8-6-13)21-12-14(19)11-17-10-9-16(20)18-4-2/h5-8,14,17,19H,3-4,9-12H2,1-2H3,(H,18,20). The molecule has 21 heavy (non-hydrogen) atoms. The van der Waals surface area contributed by atoms with Crippen LogP contribution >= 0.6 is 0 Å². The van der Waals surface area contributed by atoms with E-state index in [1.54, 1.807) is 0 Å². The monoisotopic (exact) mass is 294 g/mol. The van der Waals surface area contributed by atoms with Crippen molar-refractivity contribution in [2.75, 3.05) is 26.2 Å². The number of hydrogen-bond acceptors (Lipinski definition) is 4. The molecule has 0 radical (unpaired) electrons. The predicted octanol–water partition coefficient (Wildman–Crippen LogP) is 1.10. The fraction of sp³-hybridized carbons (Fsp3) is 0.562. The summed E-state index contributed by atoms with van der Waals surface area (Å²) in [7, 11) is 0. The van der Waals surface area contributed by atoms with Gasteiger partial charge < -0.3 is 20.5 Å². The Labute approximate surface area is 126 Å². The molecule has 118 valence electrons. The zero-order valence-corrected chi connectivity index (χ0v) is 12.9. The highest BCUT2D eigenvalue weighted by Crippen LogP contribution is 2.12. The van der Waals surface area contributed by atoms with Crippen LogP contribution in [0.15, 0.2) is 24.3 Å². The van der Waals surface area contributed by atoms with Gasteiger partial charge in [-0.2, -0.15) is 0 Å². The summed E-state index contributed by atoms with van der Waals surface area (Å²) in [5.74, 6) is 0.778. The number of benzene rings is 1. The largest absolute Gasteiger partial charge is 0.491 e. The van der Waals surface area contributed by atoms with Crippen LogP contribution in [0.2, 0.25) is 0 Å². The Morgan fingerprint density at radius 3 is 2.62 bits per heavy atom. The van der Waals surface area contributed by atoms with Crippen molar-refractivity contribution in [3.05, 3.63) is 29.8 Å². The molecular formula is C16H26N2O3. The molecule has 1 aromatic rings. The average Bonchev–Trinajstić information content (AvgIpc) is 2.50. The topological polar surface area (TPSA) is 70.6 Å². The predicted molar refractivity (Wildman–Crippen MR) is 83.5 cm³/mol. The molecule has 0 saturated carbocycles. The van der Waals surface area contributed by atoms with E-state index in [0.29, 0.717) is 26.1 Å². The Morgan fingerprint density at radius 2 is 2.00 bits per heavy atom. The van der Waals surface area contributed by atoms with E-state index in [9.17, 15) is 9.90 Å². The number of amides is 1. The van der Waals surface area contributed by atoms with Gasteiger partial charge in [0.05, 0.1) is 0 Å². The minimum atomic E-state index is -0.593. The van der Waals surface area contributed by atoms with Crippen LogP contribution in [0.25, 0.3) is 0 Å². The smallest absolute Gasteiger partial charge is 0.221 e. The third-order valence-electron chi connectivity index (χ3n) is 3.06. The fourth-order valence-electron chi connectivity index (χ4n) is 1.83. The number of carbonyl (C=O) groups is 1. The normalized spacial score (nSPS) is 12.0. The summed E-state index contributed by atoms with van der Waals surface area (Å²) in [6.45, 7) is 5.83. The average molecular weight is 294 g/mol. The molecule has 0 heterocycles. The molecule has 0 fully saturated rings. The van der Waals surface area contributed by atoms with Gasteiger partial charge in [-0.25, -0.2) is 0 Å².